The molecular formula is C16H13N3O4S. The number of hydrogen-bond donors (Lipinski definition) is 0. The van der Waals surface area contributed by atoms with Crippen molar-refractivity contribution in [3.63, 3.8) is 0 Å². The highest BCUT2D eigenvalue weighted by Crippen LogP contribution is 2.31. The molecule has 24 heavy (non-hydrogen) atoms. The number of carbonyl (C=O) groups excluding carboxylic acids is 2. The van der Waals surface area contributed by atoms with Crippen molar-refractivity contribution in [2.75, 3.05) is 7.05 Å². The molecule has 2 aromatic rings. The van der Waals surface area contributed by atoms with Crippen LogP contribution in [-0.4, -0.2) is 32.6 Å². The van der Waals surface area contributed by atoms with E-state index < -0.39 is 4.92 Å². The molecule has 7 nitrogen and oxygen atoms in total. The van der Waals surface area contributed by atoms with Gasteiger partial charge in [0.15, 0.2) is 0 Å². The molecule has 2 heterocycles. The molecule has 1 aliphatic heterocycles. The van der Waals surface area contributed by atoms with Crippen molar-refractivity contribution >= 4 is 34.7 Å². The van der Waals surface area contributed by atoms with Crippen LogP contribution in [0.15, 0.2) is 47.5 Å². The zero-order valence-corrected chi connectivity index (χ0v) is 13.5. The van der Waals surface area contributed by atoms with Gasteiger partial charge in [-0.3, -0.25) is 24.6 Å². The summed E-state index contributed by atoms with van der Waals surface area (Å²) in [5, 5.41) is 10.8. The number of hydrogen-bond acceptors (Lipinski definition) is 5. The van der Waals surface area contributed by atoms with E-state index >= 15 is 0 Å². The number of thioether (sulfide) groups is 1. The molecule has 3 rings (SSSR count). The molecule has 0 radical (unpaired) electrons. The third-order valence-corrected chi connectivity index (χ3v) is 4.62. The van der Waals surface area contributed by atoms with Crippen molar-refractivity contribution in [2.24, 2.45) is 0 Å². The van der Waals surface area contributed by atoms with Crippen LogP contribution in [0.4, 0.5) is 10.5 Å². The summed E-state index contributed by atoms with van der Waals surface area (Å²) in [6.07, 6.45) is 3.40. The SMILES string of the molecule is CN1C(=O)S/C(=C/c2cccn2Cc2ccccc2[N+](=O)[O-])C1=O. The second kappa shape index (κ2) is 6.32. The van der Waals surface area contributed by atoms with Crippen molar-refractivity contribution in [3.05, 3.63) is 68.9 Å². The lowest BCUT2D eigenvalue weighted by molar-refractivity contribution is -0.385. The number of benzene rings is 1. The van der Waals surface area contributed by atoms with E-state index in [1.54, 1.807) is 47.2 Å². The van der Waals surface area contributed by atoms with Crippen LogP contribution in [0.2, 0.25) is 0 Å². The minimum absolute atomic E-state index is 0.0473. The molecule has 1 aromatic carbocycles. The summed E-state index contributed by atoms with van der Waals surface area (Å²) >= 11 is 0.880. The summed E-state index contributed by atoms with van der Waals surface area (Å²) in [5.74, 6) is -0.344. The Hall–Kier alpha value is -2.87. The number of amides is 2. The lowest BCUT2D eigenvalue weighted by Gasteiger charge is -2.08. The molecule has 1 fully saturated rings. The Morgan fingerprint density at radius 3 is 2.62 bits per heavy atom. The molecule has 0 bridgehead atoms. The maximum atomic E-state index is 12.0. The Labute approximate surface area is 141 Å². The van der Waals surface area contributed by atoms with E-state index in [0.29, 0.717) is 22.7 Å². The van der Waals surface area contributed by atoms with Gasteiger partial charge in [0.1, 0.15) is 0 Å². The van der Waals surface area contributed by atoms with Gasteiger partial charge in [-0.05, 0) is 30.0 Å². The van der Waals surface area contributed by atoms with Crippen molar-refractivity contribution in [1.82, 2.24) is 9.47 Å². The first-order valence-electron chi connectivity index (χ1n) is 7.06. The molecule has 122 valence electrons. The molecule has 8 heteroatoms. The van der Waals surface area contributed by atoms with E-state index in [9.17, 15) is 19.7 Å². The highest BCUT2D eigenvalue weighted by Gasteiger charge is 2.32. The van der Waals surface area contributed by atoms with Crippen LogP contribution in [0.3, 0.4) is 0 Å². The average molecular weight is 343 g/mol. The van der Waals surface area contributed by atoms with Crippen LogP contribution in [0.5, 0.6) is 0 Å². The first kappa shape index (κ1) is 16.0. The van der Waals surface area contributed by atoms with Crippen LogP contribution >= 0.6 is 11.8 Å². The smallest absolute Gasteiger partial charge is 0.293 e. The number of para-hydroxylation sites is 1. The predicted octanol–water partition coefficient (Wildman–Crippen LogP) is 3.11. The molecule has 1 saturated heterocycles. The molecule has 0 atom stereocenters. The van der Waals surface area contributed by atoms with Gasteiger partial charge in [0, 0.05) is 30.6 Å². The normalized spacial score (nSPS) is 16.2. The van der Waals surface area contributed by atoms with E-state index in [1.807, 2.05) is 0 Å². The Balaban J connectivity index is 1.91. The minimum atomic E-state index is -0.416. The highest BCUT2D eigenvalue weighted by molar-refractivity contribution is 8.18. The molecular weight excluding hydrogens is 330 g/mol. The third-order valence-electron chi connectivity index (χ3n) is 3.66. The van der Waals surface area contributed by atoms with E-state index in [-0.39, 0.29) is 16.8 Å². The molecule has 0 unspecified atom stereocenters. The number of nitrogens with zero attached hydrogens (tertiary/aromatic N) is 3. The Kier molecular flexibility index (Phi) is 4.22. The number of nitro groups is 1. The standard InChI is InChI=1S/C16H13N3O4S/c1-17-15(20)14(24-16(17)21)9-12-6-4-8-18(12)10-11-5-2-3-7-13(11)19(22)23/h2-9H,10H2,1H3/b14-9+. The summed E-state index contributed by atoms with van der Waals surface area (Å²) < 4.78 is 1.80. The number of imide groups is 1. The van der Waals surface area contributed by atoms with Gasteiger partial charge in [-0.2, -0.15) is 0 Å². The molecule has 1 aromatic heterocycles. The topological polar surface area (TPSA) is 85.4 Å². The van der Waals surface area contributed by atoms with E-state index in [2.05, 4.69) is 0 Å². The van der Waals surface area contributed by atoms with Gasteiger partial charge < -0.3 is 4.57 Å². The zero-order chi connectivity index (χ0) is 17.3. The number of likely N-dealkylation sites (N-methyl/N-ethyl adjacent to an activating group) is 1. The highest BCUT2D eigenvalue weighted by atomic mass is 32.2. The second-order valence-corrected chi connectivity index (χ2v) is 6.18. The molecule has 0 N–H and O–H groups in total. The van der Waals surface area contributed by atoms with Crippen LogP contribution in [0, 0.1) is 10.1 Å². The largest absolute Gasteiger partial charge is 0.343 e. The zero-order valence-electron chi connectivity index (χ0n) is 12.7. The first-order chi connectivity index (χ1) is 11.5. The van der Waals surface area contributed by atoms with Crippen LogP contribution in [0.1, 0.15) is 11.3 Å². The van der Waals surface area contributed by atoms with E-state index in [4.69, 9.17) is 0 Å². The number of rotatable bonds is 4. The summed E-state index contributed by atoms with van der Waals surface area (Å²) in [7, 11) is 1.44. The molecule has 1 aliphatic rings. The monoisotopic (exact) mass is 343 g/mol. The molecule has 0 spiro atoms. The first-order valence-corrected chi connectivity index (χ1v) is 7.88. The van der Waals surface area contributed by atoms with Gasteiger partial charge in [0.2, 0.25) is 0 Å². The predicted molar refractivity (Wildman–Crippen MR) is 90.4 cm³/mol. The number of carbonyl (C=O) groups is 2. The fourth-order valence-electron chi connectivity index (χ4n) is 2.39. The van der Waals surface area contributed by atoms with Crippen LogP contribution < -0.4 is 0 Å². The fraction of sp³-hybridized carbons (Fsp3) is 0.125. The van der Waals surface area contributed by atoms with Crippen LogP contribution in [-0.2, 0) is 11.3 Å². The van der Waals surface area contributed by atoms with Crippen molar-refractivity contribution in [3.8, 4) is 0 Å². The maximum Gasteiger partial charge on any atom is 0.293 e. The molecule has 0 aliphatic carbocycles. The summed E-state index contributed by atoms with van der Waals surface area (Å²) in [6.45, 7) is 0.298. The van der Waals surface area contributed by atoms with Gasteiger partial charge in [-0.15, -0.1) is 0 Å². The summed E-state index contributed by atoms with van der Waals surface area (Å²) in [5.41, 5.74) is 1.31. The van der Waals surface area contributed by atoms with Crippen LogP contribution in [0.25, 0.3) is 6.08 Å². The molecule has 2 amide bonds. The lowest BCUT2D eigenvalue weighted by Crippen LogP contribution is -2.22. The summed E-state index contributed by atoms with van der Waals surface area (Å²) in [6, 6.07) is 10.1. The van der Waals surface area contributed by atoms with Crippen molar-refractivity contribution in [1.29, 1.82) is 0 Å². The Bertz CT molecular complexity index is 872. The summed E-state index contributed by atoms with van der Waals surface area (Å²) in [4.78, 5) is 35.6. The average Bonchev–Trinajstić information content (AvgIpc) is 3.08. The van der Waals surface area contributed by atoms with Gasteiger partial charge >= 0.3 is 0 Å². The van der Waals surface area contributed by atoms with Gasteiger partial charge in [-0.25, -0.2) is 0 Å². The quantitative estimate of drug-likeness (QED) is 0.484. The van der Waals surface area contributed by atoms with Gasteiger partial charge in [-0.1, -0.05) is 18.2 Å². The number of aromatic nitrogens is 1. The number of nitro benzene ring substituents is 1. The lowest BCUT2D eigenvalue weighted by atomic mass is 10.2. The second-order valence-electron chi connectivity index (χ2n) is 5.19. The van der Waals surface area contributed by atoms with Crippen molar-refractivity contribution < 1.29 is 14.5 Å². The van der Waals surface area contributed by atoms with Crippen molar-refractivity contribution in [2.45, 2.75) is 6.54 Å². The fourth-order valence-corrected chi connectivity index (χ4v) is 3.20. The van der Waals surface area contributed by atoms with E-state index in [0.717, 1.165) is 16.7 Å². The van der Waals surface area contributed by atoms with E-state index in [1.165, 1.54) is 13.1 Å². The minimum Gasteiger partial charge on any atom is -0.343 e. The Morgan fingerprint density at radius 2 is 1.96 bits per heavy atom. The Morgan fingerprint density at radius 1 is 1.21 bits per heavy atom. The molecule has 0 saturated carbocycles. The maximum absolute atomic E-state index is 12.0. The van der Waals surface area contributed by atoms with Gasteiger partial charge in [0.05, 0.1) is 16.4 Å². The third kappa shape index (κ3) is 2.95. The van der Waals surface area contributed by atoms with Gasteiger partial charge in [0.25, 0.3) is 16.8 Å².